The number of benzene rings is 4. The lowest BCUT2D eigenvalue weighted by Crippen LogP contribution is -2.52. The third kappa shape index (κ3) is 8.37. The second-order valence-corrected chi connectivity index (χ2v) is 17.5. The van der Waals surface area contributed by atoms with Gasteiger partial charge in [-0.05, 0) is 86.5 Å². The lowest BCUT2D eigenvalue weighted by Gasteiger charge is -2.35. The smallest absolute Gasteiger partial charge is 0.260 e. The molecule has 4 amide bonds. The first kappa shape index (κ1) is 44.8. The summed E-state index contributed by atoms with van der Waals surface area (Å²) >= 11 is 7.09. The number of hydrogen-bond acceptors (Lipinski definition) is 9. The molecule has 5 heterocycles. The van der Waals surface area contributed by atoms with E-state index in [4.69, 9.17) is 26.2 Å². The van der Waals surface area contributed by atoms with Gasteiger partial charge >= 0.3 is 0 Å². The van der Waals surface area contributed by atoms with Crippen LogP contribution in [0.25, 0.3) is 32.8 Å². The third-order valence-corrected chi connectivity index (χ3v) is 13.6. The first-order chi connectivity index (χ1) is 31.8. The van der Waals surface area contributed by atoms with Crippen molar-refractivity contribution in [2.75, 3.05) is 45.9 Å². The molecule has 66 heavy (non-hydrogen) atoms. The van der Waals surface area contributed by atoms with Crippen LogP contribution in [0.1, 0.15) is 57.8 Å². The Morgan fingerprint density at radius 3 is 2.48 bits per heavy atom. The zero-order valence-corrected chi connectivity index (χ0v) is 37.7. The van der Waals surface area contributed by atoms with Gasteiger partial charge in [0.05, 0.1) is 36.0 Å². The van der Waals surface area contributed by atoms with Gasteiger partial charge < -0.3 is 28.9 Å². The van der Waals surface area contributed by atoms with Crippen LogP contribution in [-0.2, 0) is 47.5 Å². The number of aliphatic hydroxyl groups excluding tert-OH is 1. The van der Waals surface area contributed by atoms with Crippen LogP contribution < -0.4 is 14.8 Å². The maximum Gasteiger partial charge on any atom is 0.260 e. The molecule has 3 aliphatic rings. The van der Waals surface area contributed by atoms with E-state index < -0.39 is 36.2 Å². The number of aliphatic hydroxyl groups is 1. The second kappa shape index (κ2) is 18.5. The molecule has 17 heteroatoms. The summed E-state index contributed by atoms with van der Waals surface area (Å²) in [5, 5.41) is 21.2. The van der Waals surface area contributed by atoms with E-state index in [-0.39, 0.29) is 54.6 Å². The minimum Gasteiger partial charge on any atom is -0.493 e. The molecular weight excluding hydrogens is 872 g/mol. The van der Waals surface area contributed by atoms with E-state index >= 15 is 4.39 Å². The number of aromatic nitrogens is 3. The number of nitrogens with one attached hydrogen (secondary N) is 1. The van der Waals surface area contributed by atoms with Crippen LogP contribution in [0, 0.1) is 25.5 Å². The molecule has 4 aromatic carbocycles. The van der Waals surface area contributed by atoms with E-state index in [9.17, 15) is 28.7 Å². The van der Waals surface area contributed by atoms with Gasteiger partial charge in [-0.1, -0.05) is 29.8 Å². The lowest BCUT2D eigenvalue weighted by atomic mass is 9.98. The molecule has 3 aliphatic heterocycles. The Morgan fingerprint density at radius 2 is 1.74 bits per heavy atom. The van der Waals surface area contributed by atoms with Crippen LogP contribution in [0.2, 0.25) is 5.02 Å². The minimum absolute atomic E-state index is 0.0856. The predicted molar refractivity (Wildman–Crippen MR) is 243 cm³/mol. The van der Waals surface area contributed by atoms with Crippen LogP contribution >= 0.6 is 11.6 Å². The Morgan fingerprint density at radius 1 is 0.955 bits per heavy atom. The summed E-state index contributed by atoms with van der Waals surface area (Å²) in [6, 6.07) is 15.7. The monoisotopic (exact) mass is 921 g/mol. The minimum atomic E-state index is -0.873. The number of piperidine rings is 1. The highest BCUT2D eigenvalue weighted by Crippen LogP contribution is 2.42. The number of rotatable bonds is 14. The molecule has 2 aromatic heterocycles. The van der Waals surface area contributed by atoms with Gasteiger partial charge in [0.2, 0.25) is 11.8 Å². The van der Waals surface area contributed by atoms with Crippen LogP contribution in [0.3, 0.4) is 0 Å². The SMILES string of the molecule is Cc1nn(C)c(C)c1-c1c(Cl)ccc2c(CCCOc3cccc4cc(F)ccc34)c(CO)n(CCN3CCN(C(=O)COc4c(F)ccc5c4CN(C4CCC(=O)NC4=O)C5=O)CC3)c12. The first-order valence-corrected chi connectivity index (χ1v) is 22.5. The Balaban J connectivity index is 0.887. The standard InChI is InChI=1S/C49H50ClF2N7O7/c1-28-44(29(2)55(3)54-28)45-37(50)13-11-34-33(7-5-23-65-41-8-4-6-30-24-31(51)9-10-32(30)41)40(26-60)58(46(34)45)22-19-56-17-20-57(21-18-56)43(62)27-66-47-36-25-59(39-15-16-42(61)53-48(39)63)49(64)35(36)12-14-38(47)52/h4,6,8-14,24,39,60H,5,7,15-23,25-27H2,1-3H3,(H,53,61,63). The van der Waals surface area contributed by atoms with Crippen molar-refractivity contribution in [1.29, 1.82) is 0 Å². The summed E-state index contributed by atoms with van der Waals surface area (Å²) in [7, 11) is 1.90. The van der Waals surface area contributed by atoms with Crippen LogP contribution in [0.4, 0.5) is 8.78 Å². The number of fused-ring (bicyclic) bond motifs is 3. The van der Waals surface area contributed by atoms with Gasteiger partial charge in [0.25, 0.3) is 11.8 Å². The van der Waals surface area contributed by atoms with Crippen molar-refractivity contribution in [3.8, 4) is 22.6 Å². The van der Waals surface area contributed by atoms with Crippen molar-refractivity contribution in [1.82, 2.24) is 34.4 Å². The normalized spacial score (nSPS) is 16.7. The zero-order chi connectivity index (χ0) is 46.4. The molecule has 14 nitrogen and oxygen atoms in total. The molecule has 0 saturated carbocycles. The van der Waals surface area contributed by atoms with Crippen molar-refractivity contribution in [2.45, 2.75) is 65.3 Å². The second-order valence-electron chi connectivity index (χ2n) is 17.1. The summed E-state index contributed by atoms with van der Waals surface area (Å²) in [6.07, 6.45) is 1.50. The van der Waals surface area contributed by atoms with E-state index in [1.807, 2.05) is 55.9 Å². The van der Waals surface area contributed by atoms with Gasteiger partial charge in [0.1, 0.15) is 17.6 Å². The van der Waals surface area contributed by atoms with Crippen molar-refractivity contribution < 1.29 is 42.5 Å². The van der Waals surface area contributed by atoms with Gasteiger partial charge in [-0.15, -0.1) is 0 Å². The molecule has 0 aliphatic carbocycles. The van der Waals surface area contributed by atoms with E-state index in [1.165, 1.54) is 23.1 Å². The van der Waals surface area contributed by atoms with Gasteiger partial charge in [-0.3, -0.25) is 34.1 Å². The fraction of sp³-hybridized carbons (Fsp3) is 0.367. The summed E-state index contributed by atoms with van der Waals surface area (Å²) in [4.78, 5) is 56.3. The topological polar surface area (TPSA) is 151 Å². The van der Waals surface area contributed by atoms with Crippen LogP contribution in [0.15, 0.2) is 60.7 Å². The number of halogens is 3. The van der Waals surface area contributed by atoms with Crippen molar-refractivity contribution in [3.05, 3.63) is 111 Å². The molecule has 1 atom stereocenters. The quantitative estimate of drug-likeness (QED) is 0.0958. The van der Waals surface area contributed by atoms with E-state index in [0.717, 1.165) is 61.5 Å². The first-order valence-electron chi connectivity index (χ1n) is 22.2. The molecule has 344 valence electrons. The number of carbonyl (C=O) groups excluding carboxylic acids is 4. The molecular formula is C49H50ClF2N7O7. The summed E-state index contributed by atoms with van der Waals surface area (Å²) in [5.41, 5.74) is 6.71. The molecule has 0 radical (unpaired) electrons. The molecule has 0 spiro atoms. The Hall–Kier alpha value is -6.36. The number of piperazine rings is 1. The van der Waals surface area contributed by atoms with Crippen molar-refractivity contribution in [3.63, 3.8) is 0 Å². The number of hydrogen-bond donors (Lipinski definition) is 2. The summed E-state index contributed by atoms with van der Waals surface area (Å²) < 4.78 is 45.2. The lowest BCUT2D eigenvalue weighted by molar-refractivity contribution is -0.137. The van der Waals surface area contributed by atoms with E-state index in [1.54, 1.807) is 11.0 Å². The fourth-order valence-corrected chi connectivity index (χ4v) is 10.1. The van der Waals surface area contributed by atoms with E-state index in [2.05, 4.69) is 14.8 Å². The molecule has 1 unspecified atom stereocenters. The van der Waals surface area contributed by atoms with Crippen molar-refractivity contribution >= 4 is 56.9 Å². The van der Waals surface area contributed by atoms with Gasteiger partial charge in [-0.25, -0.2) is 8.78 Å². The van der Waals surface area contributed by atoms with Crippen molar-refractivity contribution in [2.24, 2.45) is 7.05 Å². The number of amides is 4. The summed E-state index contributed by atoms with van der Waals surface area (Å²) in [5.74, 6) is -2.34. The summed E-state index contributed by atoms with van der Waals surface area (Å²) in [6.45, 7) is 6.68. The average Bonchev–Trinajstić information content (AvgIpc) is 3.89. The Kier molecular flexibility index (Phi) is 12.6. The Bertz CT molecular complexity index is 2930. The van der Waals surface area contributed by atoms with Gasteiger partial charge in [-0.2, -0.15) is 5.10 Å². The number of ether oxygens (including phenoxy) is 2. The fourth-order valence-electron chi connectivity index (χ4n) is 9.83. The Labute approximate surface area is 384 Å². The predicted octanol–water partition coefficient (Wildman–Crippen LogP) is 6.23. The third-order valence-electron chi connectivity index (χ3n) is 13.3. The molecule has 2 saturated heterocycles. The molecule has 2 fully saturated rings. The number of imide groups is 1. The van der Waals surface area contributed by atoms with Gasteiger partial charge in [0.15, 0.2) is 18.2 Å². The molecule has 0 bridgehead atoms. The largest absolute Gasteiger partial charge is 0.493 e. The highest BCUT2D eigenvalue weighted by atomic mass is 35.5. The van der Waals surface area contributed by atoms with Crippen LogP contribution in [0.5, 0.6) is 11.5 Å². The highest BCUT2D eigenvalue weighted by molar-refractivity contribution is 6.35. The van der Waals surface area contributed by atoms with E-state index in [0.29, 0.717) is 69.5 Å². The molecule has 9 rings (SSSR count). The average molecular weight is 922 g/mol. The maximum atomic E-state index is 15.2. The molecule has 6 aromatic rings. The van der Waals surface area contributed by atoms with Crippen LogP contribution in [-0.4, -0.2) is 110 Å². The number of carbonyl (C=O) groups is 4. The zero-order valence-electron chi connectivity index (χ0n) is 37.0. The number of nitrogens with zero attached hydrogens (tertiary/aromatic N) is 6. The van der Waals surface area contributed by atoms with Gasteiger partial charge in [0, 0.05) is 97.2 Å². The highest BCUT2D eigenvalue weighted by Gasteiger charge is 2.41. The number of aryl methyl sites for hydroxylation is 3. The molecule has 2 N–H and O–H groups in total. The maximum absolute atomic E-state index is 15.2.